The zero-order chi connectivity index (χ0) is 21.2. The van der Waals surface area contributed by atoms with E-state index in [0.29, 0.717) is 18.1 Å². The maximum Gasteiger partial charge on any atom is 0.231 e. The largest absolute Gasteiger partial charge is 0.355 e. The molecule has 0 bridgehead atoms. The van der Waals surface area contributed by atoms with Crippen molar-refractivity contribution in [2.75, 3.05) is 37.6 Å². The number of carbonyl (C=O) groups is 1. The maximum atomic E-state index is 12.9. The lowest BCUT2D eigenvalue weighted by Crippen LogP contribution is -2.45. The highest BCUT2D eigenvalue weighted by Gasteiger charge is 2.28. The smallest absolute Gasteiger partial charge is 0.231 e. The van der Waals surface area contributed by atoms with E-state index in [4.69, 9.17) is 11.6 Å². The van der Waals surface area contributed by atoms with Crippen molar-refractivity contribution in [1.29, 1.82) is 0 Å². The second-order valence-corrected chi connectivity index (χ2v) is 8.88. The number of nitrogens with one attached hydrogen (secondary N) is 1. The lowest BCUT2D eigenvalue weighted by Gasteiger charge is -2.32. The molecule has 2 aliphatic heterocycles. The average Bonchev–Trinajstić information content (AvgIpc) is 3.22. The first kappa shape index (κ1) is 20.3. The molecule has 1 aromatic carbocycles. The van der Waals surface area contributed by atoms with Crippen LogP contribution in [0.4, 0.5) is 5.95 Å². The highest BCUT2D eigenvalue weighted by molar-refractivity contribution is 6.30. The molecule has 1 atom stereocenters. The summed E-state index contributed by atoms with van der Waals surface area (Å²) in [5.74, 6) is 0.846. The highest BCUT2D eigenvalue weighted by atomic mass is 35.5. The summed E-state index contributed by atoms with van der Waals surface area (Å²) in [5.41, 5.74) is 3.62. The standard InChI is InChI=1S/C23H27ClN6O/c24-20-7-8-21-26-27-23(30(21)16-20)29-11-3-6-19(15-29)22(31)25-10-13-28-12-9-17-4-1-2-5-18(17)14-28/h1-2,4-5,7-8,16,19H,3,6,9-15H2,(H,25,31). The van der Waals surface area contributed by atoms with Crippen LogP contribution in [0.3, 0.4) is 0 Å². The Hall–Kier alpha value is -2.64. The lowest BCUT2D eigenvalue weighted by molar-refractivity contribution is -0.125. The molecule has 1 saturated heterocycles. The Morgan fingerprint density at radius 3 is 2.90 bits per heavy atom. The molecule has 0 radical (unpaired) electrons. The molecule has 31 heavy (non-hydrogen) atoms. The molecule has 4 heterocycles. The van der Waals surface area contributed by atoms with Gasteiger partial charge in [-0.2, -0.15) is 0 Å². The van der Waals surface area contributed by atoms with Crippen molar-refractivity contribution >= 4 is 29.1 Å². The van der Waals surface area contributed by atoms with Gasteiger partial charge < -0.3 is 10.2 Å². The molecule has 1 unspecified atom stereocenters. The number of hydrogen-bond donors (Lipinski definition) is 1. The van der Waals surface area contributed by atoms with E-state index in [1.807, 2.05) is 22.7 Å². The Morgan fingerprint density at radius 1 is 1.13 bits per heavy atom. The molecular weight excluding hydrogens is 412 g/mol. The van der Waals surface area contributed by atoms with E-state index in [2.05, 4.69) is 49.6 Å². The maximum absolute atomic E-state index is 12.9. The van der Waals surface area contributed by atoms with Crippen LogP contribution in [-0.2, 0) is 17.8 Å². The Bertz CT molecular complexity index is 1080. The fraction of sp³-hybridized carbons (Fsp3) is 0.435. The summed E-state index contributed by atoms with van der Waals surface area (Å²) in [4.78, 5) is 17.4. The zero-order valence-corrected chi connectivity index (χ0v) is 18.3. The van der Waals surface area contributed by atoms with Crippen molar-refractivity contribution in [3.8, 4) is 0 Å². The van der Waals surface area contributed by atoms with Gasteiger partial charge in [0.25, 0.3) is 0 Å². The minimum absolute atomic E-state index is 0.0395. The number of hydrogen-bond acceptors (Lipinski definition) is 5. The first-order chi connectivity index (χ1) is 15.2. The zero-order valence-electron chi connectivity index (χ0n) is 17.5. The van der Waals surface area contributed by atoms with Gasteiger partial charge in [0.2, 0.25) is 11.9 Å². The molecule has 2 aromatic heterocycles. The van der Waals surface area contributed by atoms with E-state index in [9.17, 15) is 4.79 Å². The number of nitrogens with zero attached hydrogens (tertiary/aromatic N) is 5. The summed E-state index contributed by atoms with van der Waals surface area (Å²) in [6, 6.07) is 12.3. The van der Waals surface area contributed by atoms with E-state index < -0.39 is 0 Å². The van der Waals surface area contributed by atoms with E-state index in [0.717, 1.165) is 57.0 Å². The Labute approximate surface area is 187 Å². The normalized spacial score (nSPS) is 19.4. The van der Waals surface area contributed by atoms with E-state index in [1.54, 1.807) is 0 Å². The molecule has 1 N–H and O–H groups in total. The van der Waals surface area contributed by atoms with Gasteiger partial charge in [0, 0.05) is 45.5 Å². The third kappa shape index (κ3) is 4.38. The van der Waals surface area contributed by atoms with Crippen molar-refractivity contribution in [3.63, 3.8) is 0 Å². The predicted octanol–water partition coefficient (Wildman–Crippen LogP) is 2.77. The van der Waals surface area contributed by atoms with E-state index in [1.165, 1.54) is 11.1 Å². The second kappa shape index (κ2) is 8.85. The molecule has 1 fully saturated rings. The monoisotopic (exact) mass is 438 g/mol. The fourth-order valence-corrected chi connectivity index (χ4v) is 4.83. The molecular formula is C23H27ClN6O. The summed E-state index contributed by atoms with van der Waals surface area (Å²) in [6.45, 7) is 5.09. The molecule has 0 spiro atoms. The summed E-state index contributed by atoms with van der Waals surface area (Å²) >= 11 is 6.15. The molecule has 0 saturated carbocycles. The van der Waals surface area contributed by atoms with Gasteiger partial charge in [-0.15, -0.1) is 10.2 Å². The van der Waals surface area contributed by atoms with Crippen molar-refractivity contribution in [1.82, 2.24) is 24.8 Å². The Morgan fingerprint density at radius 2 is 2.00 bits per heavy atom. The van der Waals surface area contributed by atoms with Gasteiger partial charge in [-0.3, -0.25) is 14.1 Å². The predicted molar refractivity (Wildman–Crippen MR) is 121 cm³/mol. The van der Waals surface area contributed by atoms with Crippen LogP contribution >= 0.6 is 11.6 Å². The molecule has 5 rings (SSSR count). The van der Waals surface area contributed by atoms with Crippen molar-refractivity contribution in [2.24, 2.45) is 5.92 Å². The van der Waals surface area contributed by atoms with Crippen LogP contribution in [-0.4, -0.2) is 58.1 Å². The van der Waals surface area contributed by atoms with Gasteiger partial charge in [0.05, 0.1) is 10.9 Å². The number of benzene rings is 1. The summed E-state index contributed by atoms with van der Waals surface area (Å²) in [7, 11) is 0. The average molecular weight is 439 g/mol. The van der Waals surface area contributed by atoms with Gasteiger partial charge in [-0.1, -0.05) is 35.9 Å². The fourth-order valence-electron chi connectivity index (χ4n) is 4.67. The lowest BCUT2D eigenvalue weighted by atomic mass is 9.97. The number of rotatable bonds is 5. The van der Waals surface area contributed by atoms with Crippen LogP contribution in [0.1, 0.15) is 24.0 Å². The van der Waals surface area contributed by atoms with Gasteiger partial charge in [-0.05, 0) is 42.5 Å². The summed E-state index contributed by atoms with van der Waals surface area (Å²) < 4.78 is 1.90. The first-order valence-corrected chi connectivity index (χ1v) is 11.4. The van der Waals surface area contributed by atoms with Gasteiger partial charge >= 0.3 is 0 Å². The van der Waals surface area contributed by atoms with Crippen molar-refractivity contribution in [2.45, 2.75) is 25.8 Å². The van der Waals surface area contributed by atoms with Crippen molar-refractivity contribution in [3.05, 3.63) is 58.7 Å². The molecule has 7 nitrogen and oxygen atoms in total. The van der Waals surface area contributed by atoms with Crippen LogP contribution < -0.4 is 10.2 Å². The quantitative estimate of drug-likeness (QED) is 0.663. The van der Waals surface area contributed by atoms with Gasteiger partial charge in [0.1, 0.15) is 0 Å². The Balaban J connectivity index is 1.15. The second-order valence-electron chi connectivity index (χ2n) is 8.45. The molecule has 8 heteroatoms. The van der Waals surface area contributed by atoms with E-state index in [-0.39, 0.29) is 11.8 Å². The molecule has 162 valence electrons. The molecule has 1 amide bonds. The third-order valence-electron chi connectivity index (χ3n) is 6.36. The Kier molecular flexibility index (Phi) is 5.78. The molecule has 2 aliphatic rings. The van der Waals surface area contributed by atoms with Crippen LogP contribution in [0.5, 0.6) is 0 Å². The van der Waals surface area contributed by atoms with Crippen LogP contribution in [0, 0.1) is 5.92 Å². The van der Waals surface area contributed by atoms with Crippen LogP contribution in [0.2, 0.25) is 5.02 Å². The number of aromatic nitrogens is 3. The molecule has 3 aromatic rings. The first-order valence-electron chi connectivity index (χ1n) is 11.0. The number of carbonyl (C=O) groups excluding carboxylic acids is 1. The summed E-state index contributed by atoms with van der Waals surface area (Å²) in [5, 5.41) is 12.4. The third-order valence-corrected chi connectivity index (χ3v) is 6.58. The number of halogens is 1. The number of anilines is 1. The minimum Gasteiger partial charge on any atom is -0.355 e. The van der Waals surface area contributed by atoms with Gasteiger partial charge in [-0.25, -0.2) is 0 Å². The minimum atomic E-state index is -0.0395. The highest BCUT2D eigenvalue weighted by Crippen LogP contribution is 2.24. The van der Waals surface area contributed by atoms with Crippen molar-refractivity contribution < 1.29 is 4.79 Å². The van der Waals surface area contributed by atoms with Crippen LogP contribution in [0.15, 0.2) is 42.6 Å². The van der Waals surface area contributed by atoms with Gasteiger partial charge in [0.15, 0.2) is 5.65 Å². The number of pyridine rings is 1. The number of fused-ring (bicyclic) bond motifs is 2. The SMILES string of the molecule is O=C(NCCN1CCc2ccccc2C1)C1CCCN(c2nnc3ccc(Cl)cn23)C1. The van der Waals surface area contributed by atoms with E-state index >= 15 is 0 Å². The summed E-state index contributed by atoms with van der Waals surface area (Å²) in [6.07, 6.45) is 4.76. The molecule has 0 aliphatic carbocycles. The van der Waals surface area contributed by atoms with Crippen LogP contribution in [0.25, 0.3) is 5.65 Å². The number of amides is 1. The topological polar surface area (TPSA) is 65.8 Å². The number of piperidine rings is 1.